The largest absolute Gasteiger partial charge is 0.357 e. The predicted octanol–water partition coefficient (Wildman–Crippen LogP) is 2.29. The van der Waals surface area contributed by atoms with Crippen LogP contribution in [0.25, 0.3) is 0 Å². The van der Waals surface area contributed by atoms with Crippen LogP contribution in [-0.4, -0.2) is 44.4 Å². The monoisotopic (exact) mass is 355 g/mol. The Hall–Kier alpha value is -2.81. The van der Waals surface area contributed by atoms with Gasteiger partial charge in [0.15, 0.2) is 0 Å². The minimum atomic E-state index is -0.228. The second-order valence-electron chi connectivity index (χ2n) is 5.88. The number of anilines is 2. The Labute approximate surface area is 148 Å². The molecule has 4 rings (SSSR count). The first kappa shape index (κ1) is 15.7. The van der Waals surface area contributed by atoms with Gasteiger partial charge in [0.05, 0.1) is 5.56 Å². The Morgan fingerprint density at radius 3 is 2.80 bits per heavy atom. The fourth-order valence-electron chi connectivity index (χ4n) is 3.02. The lowest BCUT2D eigenvalue weighted by Crippen LogP contribution is -2.33. The highest BCUT2D eigenvalue weighted by atomic mass is 32.1. The van der Waals surface area contributed by atoms with E-state index in [9.17, 15) is 4.79 Å². The zero-order valence-corrected chi connectivity index (χ0v) is 14.2. The van der Waals surface area contributed by atoms with Crippen molar-refractivity contribution < 1.29 is 4.79 Å². The maximum absolute atomic E-state index is 12.1. The second-order valence-corrected chi connectivity index (χ2v) is 6.71. The van der Waals surface area contributed by atoms with Gasteiger partial charge in [0.25, 0.3) is 5.91 Å². The summed E-state index contributed by atoms with van der Waals surface area (Å²) in [7, 11) is 0. The Balaban J connectivity index is 1.37. The third-order valence-electron chi connectivity index (χ3n) is 4.37. The van der Waals surface area contributed by atoms with Crippen LogP contribution in [0.3, 0.4) is 0 Å². The molecule has 128 valence electrons. The maximum atomic E-state index is 12.1. The van der Waals surface area contributed by atoms with E-state index < -0.39 is 0 Å². The highest BCUT2D eigenvalue weighted by molar-refractivity contribution is 7.13. The van der Waals surface area contributed by atoms with Crippen LogP contribution in [-0.2, 0) is 0 Å². The van der Waals surface area contributed by atoms with Crippen LogP contribution in [0, 0.1) is 0 Å². The molecule has 1 amide bonds. The van der Waals surface area contributed by atoms with Crippen molar-refractivity contribution in [1.29, 1.82) is 0 Å². The van der Waals surface area contributed by atoms with Crippen molar-refractivity contribution >= 4 is 28.2 Å². The zero-order valence-electron chi connectivity index (χ0n) is 13.4. The Morgan fingerprint density at radius 2 is 2.16 bits per heavy atom. The highest BCUT2D eigenvalue weighted by Crippen LogP contribution is 2.28. The van der Waals surface area contributed by atoms with E-state index in [0.717, 1.165) is 31.7 Å². The van der Waals surface area contributed by atoms with Gasteiger partial charge >= 0.3 is 0 Å². The molecule has 0 unspecified atom stereocenters. The van der Waals surface area contributed by atoms with Crippen LogP contribution in [0.15, 0.2) is 36.1 Å². The number of carbonyl (C=O) groups excluding carboxylic acids is 1. The van der Waals surface area contributed by atoms with Crippen molar-refractivity contribution in [3.05, 3.63) is 47.4 Å². The molecule has 0 atom stereocenters. The standard InChI is InChI=1S/C16H17N7OS/c24-15(20-16-22-19-10-25-16)12-1-2-14(17-9-12)23-7-4-11(5-8-23)13-3-6-18-21-13/h1-3,6,9-11H,4-5,7-8H2,(H,18,21)(H,20,22,24). The molecule has 0 spiro atoms. The average Bonchev–Trinajstić information content (AvgIpc) is 3.36. The summed E-state index contributed by atoms with van der Waals surface area (Å²) in [5, 5.41) is 17.8. The summed E-state index contributed by atoms with van der Waals surface area (Å²) < 4.78 is 0. The summed E-state index contributed by atoms with van der Waals surface area (Å²) in [6.45, 7) is 1.88. The molecule has 1 aliphatic rings. The molecule has 0 aromatic carbocycles. The fraction of sp³-hybridized carbons (Fsp3) is 0.312. The molecule has 2 N–H and O–H groups in total. The van der Waals surface area contributed by atoms with E-state index in [2.05, 4.69) is 35.6 Å². The van der Waals surface area contributed by atoms with E-state index in [1.165, 1.54) is 17.0 Å². The summed E-state index contributed by atoms with van der Waals surface area (Å²) in [5.41, 5.74) is 3.28. The first-order chi connectivity index (χ1) is 12.3. The van der Waals surface area contributed by atoms with Crippen LogP contribution < -0.4 is 10.2 Å². The molecule has 4 heterocycles. The van der Waals surface area contributed by atoms with Gasteiger partial charge in [-0.05, 0) is 31.0 Å². The summed E-state index contributed by atoms with van der Waals surface area (Å²) in [6, 6.07) is 5.73. The highest BCUT2D eigenvalue weighted by Gasteiger charge is 2.22. The van der Waals surface area contributed by atoms with Crippen LogP contribution in [0.5, 0.6) is 0 Å². The van der Waals surface area contributed by atoms with Crippen LogP contribution in [0.1, 0.15) is 34.8 Å². The molecule has 0 radical (unpaired) electrons. The van der Waals surface area contributed by atoms with E-state index in [0.29, 0.717) is 16.6 Å². The van der Waals surface area contributed by atoms with Crippen molar-refractivity contribution in [1.82, 2.24) is 25.4 Å². The van der Waals surface area contributed by atoms with Gasteiger partial charge in [0.1, 0.15) is 11.3 Å². The van der Waals surface area contributed by atoms with Crippen LogP contribution in [0.4, 0.5) is 10.9 Å². The number of amides is 1. The van der Waals surface area contributed by atoms with Gasteiger partial charge in [-0.2, -0.15) is 5.10 Å². The Kier molecular flexibility index (Phi) is 4.38. The number of nitrogens with zero attached hydrogens (tertiary/aromatic N) is 5. The quantitative estimate of drug-likeness (QED) is 0.745. The van der Waals surface area contributed by atoms with Crippen molar-refractivity contribution in [3.8, 4) is 0 Å². The molecule has 1 aliphatic heterocycles. The molecular formula is C16H17N7OS. The van der Waals surface area contributed by atoms with Crippen molar-refractivity contribution in [2.75, 3.05) is 23.3 Å². The number of hydrogen-bond donors (Lipinski definition) is 2. The molecular weight excluding hydrogens is 338 g/mol. The number of hydrogen-bond acceptors (Lipinski definition) is 7. The summed E-state index contributed by atoms with van der Waals surface area (Å²) in [6.07, 6.45) is 5.52. The lowest BCUT2D eigenvalue weighted by molar-refractivity contribution is 0.102. The topological polar surface area (TPSA) is 99.7 Å². The van der Waals surface area contributed by atoms with Gasteiger partial charge < -0.3 is 4.90 Å². The average molecular weight is 355 g/mol. The van der Waals surface area contributed by atoms with Gasteiger partial charge in [0, 0.05) is 37.1 Å². The molecule has 3 aromatic heterocycles. The number of pyridine rings is 1. The zero-order chi connectivity index (χ0) is 17.1. The minimum absolute atomic E-state index is 0.228. The van der Waals surface area contributed by atoms with Crippen LogP contribution in [0.2, 0.25) is 0 Å². The van der Waals surface area contributed by atoms with E-state index >= 15 is 0 Å². The fourth-order valence-corrected chi connectivity index (χ4v) is 3.46. The third kappa shape index (κ3) is 3.50. The molecule has 9 heteroatoms. The molecule has 1 saturated heterocycles. The summed E-state index contributed by atoms with van der Waals surface area (Å²) in [5.74, 6) is 1.19. The molecule has 8 nitrogen and oxygen atoms in total. The number of H-pyrrole nitrogens is 1. The summed E-state index contributed by atoms with van der Waals surface area (Å²) in [4.78, 5) is 18.8. The number of rotatable bonds is 4. The Morgan fingerprint density at radius 1 is 1.28 bits per heavy atom. The minimum Gasteiger partial charge on any atom is -0.357 e. The van der Waals surface area contributed by atoms with Crippen molar-refractivity contribution in [2.45, 2.75) is 18.8 Å². The van der Waals surface area contributed by atoms with Gasteiger partial charge in [0.2, 0.25) is 5.13 Å². The van der Waals surface area contributed by atoms with Crippen molar-refractivity contribution in [2.24, 2.45) is 0 Å². The van der Waals surface area contributed by atoms with Gasteiger partial charge in [-0.1, -0.05) is 11.3 Å². The van der Waals surface area contributed by atoms with Gasteiger partial charge in [-0.3, -0.25) is 15.2 Å². The lowest BCUT2D eigenvalue weighted by Gasteiger charge is -2.32. The van der Waals surface area contributed by atoms with E-state index in [4.69, 9.17) is 0 Å². The first-order valence-electron chi connectivity index (χ1n) is 8.07. The smallest absolute Gasteiger partial charge is 0.259 e. The van der Waals surface area contributed by atoms with E-state index in [-0.39, 0.29) is 5.91 Å². The number of carbonyl (C=O) groups is 1. The van der Waals surface area contributed by atoms with E-state index in [1.54, 1.807) is 24.0 Å². The van der Waals surface area contributed by atoms with Gasteiger partial charge in [-0.25, -0.2) is 4.98 Å². The molecule has 0 bridgehead atoms. The molecule has 25 heavy (non-hydrogen) atoms. The van der Waals surface area contributed by atoms with E-state index in [1.807, 2.05) is 12.1 Å². The third-order valence-corrected chi connectivity index (χ3v) is 4.98. The van der Waals surface area contributed by atoms with Crippen molar-refractivity contribution in [3.63, 3.8) is 0 Å². The maximum Gasteiger partial charge on any atom is 0.259 e. The predicted molar refractivity (Wildman–Crippen MR) is 94.9 cm³/mol. The van der Waals surface area contributed by atoms with Gasteiger partial charge in [-0.15, -0.1) is 10.2 Å². The second kappa shape index (κ2) is 6.98. The number of aromatic nitrogens is 5. The van der Waals surface area contributed by atoms with Crippen LogP contribution >= 0.6 is 11.3 Å². The SMILES string of the molecule is O=C(Nc1nncs1)c1ccc(N2CCC(c3ccn[nH]3)CC2)nc1. The molecule has 0 saturated carbocycles. The summed E-state index contributed by atoms with van der Waals surface area (Å²) >= 11 is 1.28. The lowest BCUT2D eigenvalue weighted by atomic mass is 9.94. The Bertz CT molecular complexity index is 809. The molecule has 0 aliphatic carbocycles. The first-order valence-corrected chi connectivity index (χ1v) is 8.95. The number of piperidine rings is 1. The number of nitrogens with one attached hydrogen (secondary N) is 2. The number of aromatic amines is 1. The normalized spacial score (nSPS) is 15.3. The molecule has 3 aromatic rings. The molecule has 1 fully saturated rings.